The van der Waals surface area contributed by atoms with Crippen molar-refractivity contribution >= 4 is 5.91 Å². The second-order valence-electron chi connectivity index (χ2n) is 6.09. The Kier molecular flexibility index (Phi) is 5.64. The third kappa shape index (κ3) is 4.46. The molecule has 0 aromatic rings. The highest BCUT2D eigenvalue weighted by atomic mass is 16.5. The van der Waals surface area contributed by atoms with Gasteiger partial charge in [-0.25, -0.2) is 0 Å². The van der Waals surface area contributed by atoms with Crippen molar-refractivity contribution in [2.24, 2.45) is 11.8 Å². The summed E-state index contributed by atoms with van der Waals surface area (Å²) in [5, 5.41) is 3.37. The zero-order valence-electron chi connectivity index (χ0n) is 12.4. The van der Waals surface area contributed by atoms with Crippen molar-refractivity contribution in [1.82, 2.24) is 10.2 Å². The Balaban J connectivity index is 1.62. The summed E-state index contributed by atoms with van der Waals surface area (Å²) in [5.74, 6) is 1.56. The van der Waals surface area contributed by atoms with Gasteiger partial charge in [-0.15, -0.1) is 0 Å². The van der Waals surface area contributed by atoms with E-state index in [-0.39, 0.29) is 0 Å². The van der Waals surface area contributed by atoms with Gasteiger partial charge in [0.25, 0.3) is 0 Å². The zero-order chi connectivity index (χ0) is 13.7. The first-order chi connectivity index (χ1) is 9.19. The van der Waals surface area contributed by atoms with Crippen molar-refractivity contribution in [3.8, 4) is 0 Å². The predicted octanol–water partition coefficient (Wildman–Crippen LogP) is 1.65. The molecule has 1 heterocycles. The molecule has 1 aliphatic heterocycles. The van der Waals surface area contributed by atoms with Crippen molar-refractivity contribution in [3.05, 3.63) is 0 Å². The van der Waals surface area contributed by atoms with E-state index < -0.39 is 0 Å². The lowest BCUT2D eigenvalue weighted by molar-refractivity contribution is -0.133. The van der Waals surface area contributed by atoms with Crippen LogP contribution in [-0.2, 0) is 9.53 Å². The van der Waals surface area contributed by atoms with Crippen LogP contribution < -0.4 is 5.32 Å². The van der Waals surface area contributed by atoms with E-state index in [4.69, 9.17) is 4.74 Å². The largest absolute Gasteiger partial charge is 0.378 e. The molecule has 1 amide bonds. The minimum Gasteiger partial charge on any atom is -0.378 e. The number of carbonyl (C=O) groups excluding carboxylic acids is 1. The third-order valence-corrected chi connectivity index (χ3v) is 4.47. The maximum absolute atomic E-state index is 12.2. The first-order valence-corrected chi connectivity index (χ1v) is 7.75. The van der Waals surface area contributed by atoms with Gasteiger partial charge in [-0.2, -0.15) is 0 Å². The lowest BCUT2D eigenvalue weighted by Crippen LogP contribution is -2.40. The Morgan fingerprint density at radius 3 is 2.58 bits per heavy atom. The number of carbonyl (C=O) groups is 1. The van der Waals surface area contributed by atoms with Crippen molar-refractivity contribution in [1.29, 1.82) is 0 Å². The molecule has 0 spiro atoms. The Morgan fingerprint density at radius 1 is 1.26 bits per heavy atom. The van der Waals surface area contributed by atoms with E-state index in [1.807, 2.05) is 18.9 Å². The number of amides is 1. The molecule has 2 fully saturated rings. The molecule has 1 aliphatic carbocycles. The molecule has 2 rings (SSSR count). The quantitative estimate of drug-likeness (QED) is 0.796. The van der Waals surface area contributed by atoms with E-state index in [1.54, 1.807) is 0 Å². The van der Waals surface area contributed by atoms with Gasteiger partial charge in [0.05, 0.1) is 6.10 Å². The molecule has 1 saturated carbocycles. The molecule has 4 heteroatoms. The molecule has 0 unspecified atom stereocenters. The fourth-order valence-electron chi connectivity index (χ4n) is 3.17. The molecule has 110 valence electrons. The number of piperidine rings is 1. The van der Waals surface area contributed by atoms with Crippen molar-refractivity contribution < 1.29 is 9.53 Å². The molecule has 0 bridgehead atoms. The molecule has 0 atom stereocenters. The molecule has 1 N–H and O–H groups in total. The maximum Gasteiger partial charge on any atom is 0.222 e. The van der Waals surface area contributed by atoms with Gasteiger partial charge in [-0.3, -0.25) is 4.79 Å². The third-order valence-electron chi connectivity index (χ3n) is 4.47. The molecule has 0 radical (unpaired) electrons. The summed E-state index contributed by atoms with van der Waals surface area (Å²) >= 11 is 0. The monoisotopic (exact) mass is 268 g/mol. The molecule has 4 nitrogen and oxygen atoms in total. The van der Waals surface area contributed by atoms with E-state index in [0.29, 0.717) is 30.3 Å². The fraction of sp³-hybridized carbons (Fsp3) is 0.933. The van der Waals surface area contributed by atoms with E-state index in [9.17, 15) is 4.79 Å². The highest BCUT2D eigenvalue weighted by molar-refractivity contribution is 5.76. The molecular weight excluding hydrogens is 240 g/mol. The summed E-state index contributed by atoms with van der Waals surface area (Å²) in [7, 11) is 1.96. The van der Waals surface area contributed by atoms with Crippen LogP contribution >= 0.6 is 0 Å². The fourth-order valence-corrected chi connectivity index (χ4v) is 3.17. The topological polar surface area (TPSA) is 41.6 Å². The Bertz CT molecular complexity index is 284. The lowest BCUT2D eigenvalue weighted by Gasteiger charge is -2.36. The predicted molar refractivity (Wildman–Crippen MR) is 76.0 cm³/mol. The number of hydrogen-bond acceptors (Lipinski definition) is 3. The normalized spacial score (nSPS) is 27.9. The molecule has 2 aliphatic rings. The SMILES string of the molecule is CCOC1CC(CC(=O)N(C)CC2CCNCC2)C1. The molecule has 0 aromatic carbocycles. The average molecular weight is 268 g/mol. The van der Waals surface area contributed by atoms with Crippen LogP contribution in [0.1, 0.15) is 39.0 Å². The van der Waals surface area contributed by atoms with E-state index >= 15 is 0 Å². The highest BCUT2D eigenvalue weighted by Crippen LogP contribution is 2.33. The smallest absolute Gasteiger partial charge is 0.222 e. The highest BCUT2D eigenvalue weighted by Gasteiger charge is 2.32. The van der Waals surface area contributed by atoms with Gasteiger partial charge in [-0.1, -0.05) is 0 Å². The molecule has 0 aromatic heterocycles. The van der Waals surface area contributed by atoms with Crippen LogP contribution in [-0.4, -0.2) is 50.2 Å². The standard InChI is InChI=1S/C15H28N2O2/c1-3-19-14-8-13(9-14)10-15(18)17(2)11-12-4-6-16-7-5-12/h12-14,16H,3-11H2,1-2H3. The molecule has 1 saturated heterocycles. The summed E-state index contributed by atoms with van der Waals surface area (Å²) < 4.78 is 5.54. The summed E-state index contributed by atoms with van der Waals surface area (Å²) in [4.78, 5) is 14.1. The van der Waals surface area contributed by atoms with Crippen LogP contribution in [0.2, 0.25) is 0 Å². The first-order valence-electron chi connectivity index (χ1n) is 7.75. The Hall–Kier alpha value is -0.610. The van der Waals surface area contributed by atoms with Gasteiger partial charge in [0, 0.05) is 26.6 Å². The average Bonchev–Trinajstić information content (AvgIpc) is 2.37. The van der Waals surface area contributed by atoms with Gasteiger partial charge in [-0.05, 0) is 57.5 Å². The lowest BCUT2D eigenvalue weighted by atomic mass is 9.79. The van der Waals surface area contributed by atoms with Gasteiger partial charge in [0.1, 0.15) is 0 Å². The van der Waals surface area contributed by atoms with Crippen LogP contribution in [0, 0.1) is 11.8 Å². The summed E-state index contributed by atoms with van der Waals surface area (Å²) in [6, 6.07) is 0. The van der Waals surface area contributed by atoms with Crippen molar-refractivity contribution in [2.45, 2.75) is 45.1 Å². The minimum absolute atomic E-state index is 0.318. The molecular formula is C15H28N2O2. The van der Waals surface area contributed by atoms with E-state index in [0.717, 1.165) is 39.1 Å². The second-order valence-corrected chi connectivity index (χ2v) is 6.09. The van der Waals surface area contributed by atoms with Crippen molar-refractivity contribution in [2.75, 3.05) is 33.3 Å². The summed E-state index contributed by atoms with van der Waals surface area (Å²) in [5.41, 5.74) is 0. The Morgan fingerprint density at radius 2 is 1.95 bits per heavy atom. The van der Waals surface area contributed by atoms with Crippen LogP contribution in [0.15, 0.2) is 0 Å². The summed E-state index contributed by atoms with van der Waals surface area (Å²) in [6.07, 6.45) is 5.67. The van der Waals surface area contributed by atoms with Gasteiger partial charge >= 0.3 is 0 Å². The van der Waals surface area contributed by atoms with Gasteiger partial charge in [0.2, 0.25) is 5.91 Å². The molecule has 19 heavy (non-hydrogen) atoms. The number of ether oxygens (including phenoxy) is 1. The van der Waals surface area contributed by atoms with Crippen LogP contribution in [0.5, 0.6) is 0 Å². The Labute approximate surface area is 116 Å². The minimum atomic E-state index is 0.318. The number of rotatable bonds is 6. The van der Waals surface area contributed by atoms with Gasteiger partial charge in [0.15, 0.2) is 0 Å². The number of nitrogens with zero attached hydrogens (tertiary/aromatic N) is 1. The van der Waals surface area contributed by atoms with Crippen LogP contribution in [0.3, 0.4) is 0 Å². The van der Waals surface area contributed by atoms with E-state index in [2.05, 4.69) is 5.32 Å². The second kappa shape index (κ2) is 7.25. The zero-order valence-corrected chi connectivity index (χ0v) is 12.4. The number of hydrogen-bond donors (Lipinski definition) is 1. The number of nitrogens with one attached hydrogen (secondary N) is 1. The van der Waals surface area contributed by atoms with Crippen LogP contribution in [0.4, 0.5) is 0 Å². The van der Waals surface area contributed by atoms with Crippen molar-refractivity contribution in [3.63, 3.8) is 0 Å². The van der Waals surface area contributed by atoms with Gasteiger partial charge < -0.3 is 15.0 Å². The maximum atomic E-state index is 12.2. The van der Waals surface area contributed by atoms with Crippen LogP contribution in [0.25, 0.3) is 0 Å². The van der Waals surface area contributed by atoms with E-state index in [1.165, 1.54) is 12.8 Å². The first kappa shape index (κ1) is 14.8. The summed E-state index contributed by atoms with van der Waals surface area (Å²) in [6.45, 7) is 5.96.